The van der Waals surface area contributed by atoms with Crippen molar-refractivity contribution in [2.24, 2.45) is 0 Å². The van der Waals surface area contributed by atoms with Gasteiger partial charge in [-0.3, -0.25) is 0 Å². The molecule has 0 radical (unpaired) electrons. The van der Waals surface area contributed by atoms with E-state index in [1.165, 1.54) is 248 Å². The third-order valence-electron chi connectivity index (χ3n) is 30.5. The average Bonchev–Trinajstić information content (AvgIpc) is 1.52. The van der Waals surface area contributed by atoms with Crippen LogP contribution in [0.25, 0.3) is 182 Å². The molecule has 0 unspecified atom stereocenters. The van der Waals surface area contributed by atoms with Crippen LogP contribution in [-0.2, 0) is 32.5 Å². The first-order valence-electron chi connectivity index (χ1n) is 44.1. The van der Waals surface area contributed by atoms with E-state index >= 15 is 0 Å². The highest BCUT2D eigenvalue weighted by molar-refractivity contribution is 6.27. The Labute approximate surface area is 718 Å². The van der Waals surface area contributed by atoms with E-state index in [4.69, 9.17) is 0 Å². The van der Waals surface area contributed by atoms with Gasteiger partial charge in [-0.1, -0.05) is 356 Å². The number of aromatic nitrogens is 3. The molecular weight excluding hydrogens is 1480 g/mol. The summed E-state index contributed by atoms with van der Waals surface area (Å²) in [5.41, 5.74) is 44.5. The number of benzene rings is 18. The molecule has 3 heterocycles. The Hall–Kier alpha value is -13.9. The molecule has 3 aromatic heterocycles. The molecule has 3 heteroatoms. The van der Waals surface area contributed by atoms with E-state index in [1.54, 1.807) is 0 Å². The second-order valence-electron chi connectivity index (χ2n) is 39.0. The monoisotopic (exact) mass is 1580 g/mol. The van der Waals surface area contributed by atoms with Gasteiger partial charge < -0.3 is 13.7 Å². The fraction of sp³-hybridized carbons (Fsp3) is 0.150. The minimum absolute atomic E-state index is 0.00238. The SMILES string of the molecule is CC1(C)c2ccccc2-c2cc(-n3c4cc5c(cc4c4cc6ccccc6cc43)C(C)(C)c3ccccc3-5)ccc21.CC1(C)c2ccccc2-c2cc(-n3c4ccc5ccccc5c4c4ccc5c(c43)C(C)(C)c3ccccc3-5)ccc21.CC1(C)c2ccccc2-c2cc(-n3c4ccccc4c4c5c(c6ccccc6c43)-c3ccccc3C5(C)C)ccc21. The molecule has 0 atom stereocenters. The normalized spacial score (nSPS) is 15.7. The van der Waals surface area contributed by atoms with E-state index in [1.807, 2.05) is 0 Å². The van der Waals surface area contributed by atoms with Crippen LogP contribution in [0, 0.1) is 0 Å². The highest BCUT2D eigenvalue weighted by Gasteiger charge is 2.45. The molecule has 123 heavy (non-hydrogen) atoms. The van der Waals surface area contributed by atoms with E-state index in [2.05, 4.69) is 443 Å². The Morgan fingerprint density at radius 2 is 0.545 bits per heavy atom. The lowest BCUT2D eigenvalue weighted by atomic mass is 9.79. The summed E-state index contributed by atoms with van der Waals surface area (Å²) in [5.74, 6) is 0. The van der Waals surface area contributed by atoms with E-state index < -0.39 is 0 Å². The minimum Gasteiger partial charge on any atom is -0.309 e. The van der Waals surface area contributed by atoms with Crippen LogP contribution in [0.5, 0.6) is 0 Å². The van der Waals surface area contributed by atoms with Crippen LogP contribution in [-0.4, -0.2) is 13.7 Å². The van der Waals surface area contributed by atoms with E-state index in [0.29, 0.717) is 0 Å². The molecule has 6 aliphatic rings. The number of fused-ring (bicyclic) bond motifs is 35. The van der Waals surface area contributed by atoms with Gasteiger partial charge in [0.1, 0.15) is 0 Å². The first kappa shape index (κ1) is 72.0. The fourth-order valence-corrected chi connectivity index (χ4v) is 24.6. The molecule has 21 aromatic rings. The largest absolute Gasteiger partial charge is 0.309 e. The van der Waals surface area contributed by atoms with Crippen LogP contribution in [0.2, 0.25) is 0 Å². The molecule has 588 valence electrons. The number of rotatable bonds is 3. The average molecular weight is 1580 g/mol. The van der Waals surface area contributed by atoms with Crippen LogP contribution in [0.1, 0.15) is 150 Å². The lowest BCUT2D eigenvalue weighted by Gasteiger charge is -2.24. The van der Waals surface area contributed by atoms with Gasteiger partial charge in [0.15, 0.2) is 0 Å². The summed E-state index contributed by atoms with van der Waals surface area (Å²) in [5, 5.41) is 15.8. The third kappa shape index (κ3) is 9.55. The smallest absolute Gasteiger partial charge is 0.0623 e. The highest BCUT2D eigenvalue weighted by Crippen LogP contribution is 2.61. The molecule has 0 spiro atoms. The highest BCUT2D eigenvalue weighted by atomic mass is 15.0. The minimum atomic E-state index is -0.112. The van der Waals surface area contributed by atoms with Gasteiger partial charge in [-0.05, 0) is 233 Å². The predicted octanol–water partition coefficient (Wildman–Crippen LogP) is 31.6. The summed E-state index contributed by atoms with van der Waals surface area (Å²) >= 11 is 0. The molecule has 0 saturated heterocycles. The Kier molecular flexibility index (Phi) is 14.6. The van der Waals surface area contributed by atoms with Crippen molar-refractivity contribution in [3.63, 3.8) is 0 Å². The summed E-state index contributed by atoms with van der Waals surface area (Å²) in [4.78, 5) is 0. The van der Waals surface area contributed by atoms with E-state index in [9.17, 15) is 0 Å². The second-order valence-corrected chi connectivity index (χ2v) is 39.0. The Morgan fingerprint density at radius 1 is 0.171 bits per heavy atom. The maximum Gasteiger partial charge on any atom is 0.0623 e. The van der Waals surface area contributed by atoms with E-state index in [0.717, 1.165) is 0 Å². The molecule has 0 aliphatic heterocycles. The van der Waals surface area contributed by atoms with Gasteiger partial charge in [0, 0.05) is 87.3 Å². The van der Waals surface area contributed by atoms with Gasteiger partial charge >= 0.3 is 0 Å². The lowest BCUT2D eigenvalue weighted by molar-refractivity contribution is 0.660. The summed E-state index contributed by atoms with van der Waals surface area (Å²) in [6.45, 7) is 28.5. The molecule has 0 amide bonds. The number of nitrogens with zero attached hydrogens (tertiary/aromatic N) is 3. The molecule has 18 aromatic carbocycles. The fourth-order valence-electron chi connectivity index (χ4n) is 24.6. The number of hydrogen-bond donors (Lipinski definition) is 0. The maximum absolute atomic E-state index is 2.57. The summed E-state index contributed by atoms with van der Waals surface area (Å²) in [6, 6.07) is 130. The molecule has 27 rings (SSSR count). The van der Waals surface area contributed by atoms with Gasteiger partial charge in [-0.25, -0.2) is 0 Å². The third-order valence-corrected chi connectivity index (χ3v) is 30.5. The Morgan fingerprint density at radius 3 is 1.09 bits per heavy atom. The lowest BCUT2D eigenvalue weighted by Crippen LogP contribution is -2.16. The second kappa shape index (κ2) is 24.9. The Bertz CT molecular complexity index is 8300. The molecule has 0 fully saturated rings. The van der Waals surface area contributed by atoms with Crippen molar-refractivity contribution in [3.05, 3.63) is 413 Å². The Balaban J connectivity index is 0.000000101. The van der Waals surface area contributed by atoms with Gasteiger partial charge in [-0.2, -0.15) is 0 Å². The summed E-state index contributed by atoms with van der Waals surface area (Å²) in [6.07, 6.45) is 0. The first-order chi connectivity index (χ1) is 59.6. The zero-order valence-electron chi connectivity index (χ0n) is 71.8. The van der Waals surface area contributed by atoms with Crippen LogP contribution in [0.4, 0.5) is 0 Å². The van der Waals surface area contributed by atoms with Crippen molar-refractivity contribution in [3.8, 4) is 83.8 Å². The molecule has 0 N–H and O–H groups in total. The van der Waals surface area contributed by atoms with Crippen LogP contribution >= 0.6 is 0 Å². The molecule has 0 saturated carbocycles. The standard InChI is InChI=1S/3C40H31N/c1-39(2)31-18-10-7-13-25(31)30-23-24(21-22-33(30)39)41-34-20-12-9-17-29(34)36-37-35(26-14-5-6-15-27(26)38(36)41)28-16-8-11-19-32(28)40(37,3)4;1-39(2)32-15-9-8-14-28(32)31-23-25(18-21-34(31)39)41-35-22-17-24-11-5-6-12-26(24)36(35)30-20-19-29-27-13-7-10-16-33(27)40(3,4)37(29)38(30)41;1-39(2)33-15-9-7-13-27(33)29-21-26(17-18-35(29)39)41-37-20-25-12-6-5-11-24(25)19-31(37)32-22-36-30(23-38(32)41)28-14-8-10-16-34(28)40(36,3)4/h3*5-23H,1-4H3. The first-order valence-corrected chi connectivity index (χ1v) is 44.1. The number of para-hydroxylation sites is 1. The van der Waals surface area contributed by atoms with Crippen molar-refractivity contribution in [2.75, 3.05) is 0 Å². The van der Waals surface area contributed by atoms with Gasteiger partial charge in [0.05, 0.1) is 33.1 Å². The summed E-state index contributed by atoms with van der Waals surface area (Å²) in [7, 11) is 0. The topological polar surface area (TPSA) is 14.8 Å². The van der Waals surface area contributed by atoms with Crippen LogP contribution < -0.4 is 0 Å². The maximum atomic E-state index is 2.57. The van der Waals surface area contributed by atoms with Gasteiger partial charge in [0.2, 0.25) is 0 Å². The van der Waals surface area contributed by atoms with Crippen molar-refractivity contribution in [2.45, 2.75) is 116 Å². The zero-order valence-corrected chi connectivity index (χ0v) is 71.8. The molecular formula is C120H93N3. The molecule has 6 aliphatic carbocycles. The summed E-state index contributed by atoms with van der Waals surface area (Å²) < 4.78 is 7.62. The van der Waals surface area contributed by atoms with Crippen molar-refractivity contribution in [1.82, 2.24) is 13.7 Å². The number of hydrogen-bond acceptors (Lipinski definition) is 0. The van der Waals surface area contributed by atoms with Crippen molar-refractivity contribution in [1.29, 1.82) is 0 Å². The van der Waals surface area contributed by atoms with Crippen LogP contribution in [0.3, 0.4) is 0 Å². The van der Waals surface area contributed by atoms with Crippen molar-refractivity contribution < 1.29 is 0 Å². The predicted molar refractivity (Wildman–Crippen MR) is 520 cm³/mol. The van der Waals surface area contributed by atoms with Crippen LogP contribution in [0.15, 0.2) is 346 Å². The van der Waals surface area contributed by atoms with E-state index in [-0.39, 0.29) is 32.5 Å². The van der Waals surface area contributed by atoms with Gasteiger partial charge in [0.25, 0.3) is 0 Å². The quantitative estimate of drug-likeness (QED) is 0.167. The zero-order chi connectivity index (χ0) is 83.0. The van der Waals surface area contributed by atoms with Gasteiger partial charge in [-0.15, -0.1) is 0 Å². The molecule has 0 bridgehead atoms. The van der Waals surface area contributed by atoms with Crippen molar-refractivity contribution >= 4 is 97.7 Å². The molecule has 3 nitrogen and oxygen atoms in total.